The van der Waals surface area contributed by atoms with Gasteiger partial charge in [0.05, 0.1) is 17.9 Å². The van der Waals surface area contributed by atoms with Crippen LogP contribution in [-0.4, -0.2) is 21.9 Å². The van der Waals surface area contributed by atoms with Crippen molar-refractivity contribution in [2.24, 2.45) is 7.05 Å². The maximum Gasteiger partial charge on any atom is 0.255 e. The summed E-state index contributed by atoms with van der Waals surface area (Å²) in [5.41, 5.74) is 0.426. The maximum atomic E-state index is 12.9. The van der Waals surface area contributed by atoms with E-state index in [1.165, 1.54) is 10.6 Å². The molecule has 1 amide bonds. The third-order valence-corrected chi connectivity index (χ3v) is 4.22. The van der Waals surface area contributed by atoms with Gasteiger partial charge in [-0.25, -0.2) is 0 Å². The fourth-order valence-corrected chi connectivity index (χ4v) is 3.01. The Morgan fingerprint density at radius 1 is 1.23 bits per heavy atom. The molecule has 0 unspecified atom stereocenters. The summed E-state index contributed by atoms with van der Waals surface area (Å²) in [5.74, 6) is 0.791. The molecule has 5 heteroatoms. The molecule has 22 heavy (non-hydrogen) atoms. The van der Waals surface area contributed by atoms with Crippen molar-refractivity contribution in [3.05, 3.63) is 58.4 Å². The number of hydrogen-bond donors (Lipinski definition) is 0. The van der Waals surface area contributed by atoms with E-state index in [0.717, 1.165) is 31.4 Å². The van der Waals surface area contributed by atoms with Crippen molar-refractivity contribution in [2.45, 2.75) is 31.7 Å². The minimum absolute atomic E-state index is 0.0257. The van der Waals surface area contributed by atoms with Gasteiger partial charge in [-0.1, -0.05) is 12.8 Å². The van der Waals surface area contributed by atoms with Crippen LogP contribution in [0.4, 0.5) is 0 Å². The monoisotopic (exact) mass is 300 g/mol. The number of pyridine rings is 1. The summed E-state index contributed by atoms with van der Waals surface area (Å²) in [6, 6.07) is 6.80. The van der Waals surface area contributed by atoms with Crippen LogP contribution in [0.1, 0.15) is 47.8 Å². The van der Waals surface area contributed by atoms with Crippen molar-refractivity contribution in [1.82, 2.24) is 9.47 Å². The summed E-state index contributed by atoms with van der Waals surface area (Å²) in [7, 11) is 1.66. The van der Waals surface area contributed by atoms with Gasteiger partial charge in [-0.3, -0.25) is 9.59 Å². The standard InChI is InChI=1S/C17H20N2O3/c1-18-12-13(8-9-16(18)20)17(21)19-10-4-2-3-6-14(19)15-7-5-11-22-15/h5,7-9,11-12,14H,2-4,6,10H2,1H3/t14-/m0/s1. The summed E-state index contributed by atoms with van der Waals surface area (Å²) in [6.07, 6.45) is 7.36. The van der Waals surface area contributed by atoms with Crippen LogP contribution in [0, 0.1) is 0 Å². The number of aryl methyl sites for hydroxylation is 1. The fraction of sp³-hybridized carbons (Fsp3) is 0.412. The number of likely N-dealkylation sites (tertiary alicyclic amines) is 1. The van der Waals surface area contributed by atoms with Gasteiger partial charge in [-0.05, 0) is 31.0 Å². The zero-order valence-corrected chi connectivity index (χ0v) is 12.7. The molecule has 0 N–H and O–H groups in total. The van der Waals surface area contributed by atoms with E-state index in [1.807, 2.05) is 17.0 Å². The minimum atomic E-state index is -0.116. The average molecular weight is 300 g/mol. The van der Waals surface area contributed by atoms with Gasteiger partial charge in [0.15, 0.2) is 0 Å². The molecule has 2 aromatic rings. The van der Waals surface area contributed by atoms with E-state index in [1.54, 1.807) is 25.6 Å². The van der Waals surface area contributed by atoms with E-state index >= 15 is 0 Å². The second-order valence-electron chi connectivity index (χ2n) is 5.75. The first kappa shape index (κ1) is 14.6. The first-order valence-electron chi connectivity index (χ1n) is 7.68. The smallest absolute Gasteiger partial charge is 0.255 e. The number of amides is 1. The van der Waals surface area contributed by atoms with Gasteiger partial charge in [0.25, 0.3) is 5.91 Å². The van der Waals surface area contributed by atoms with Crippen molar-refractivity contribution in [1.29, 1.82) is 0 Å². The average Bonchev–Trinajstić information content (AvgIpc) is 2.94. The number of hydrogen-bond acceptors (Lipinski definition) is 3. The van der Waals surface area contributed by atoms with Crippen molar-refractivity contribution in [2.75, 3.05) is 6.54 Å². The van der Waals surface area contributed by atoms with Crippen LogP contribution in [0.25, 0.3) is 0 Å². The summed E-state index contributed by atoms with van der Waals surface area (Å²) >= 11 is 0. The third-order valence-electron chi connectivity index (χ3n) is 4.22. The molecule has 0 radical (unpaired) electrons. The van der Waals surface area contributed by atoms with Crippen LogP contribution in [0.5, 0.6) is 0 Å². The van der Waals surface area contributed by atoms with Crippen LogP contribution in [0.3, 0.4) is 0 Å². The highest BCUT2D eigenvalue weighted by molar-refractivity contribution is 5.94. The summed E-state index contributed by atoms with van der Waals surface area (Å²) in [4.78, 5) is 26.3. The fourth-order valence-electron chi connectivity index (χ4n) is 3.01. The Balaban J connectivity index is 1.93. The predicted octanol–water partition coefficient (Wildman–Crippen LogP) is 2.74. The van der Waals surface area contributed by atoms with Crippen molar-refractivity contribution in [3.8, 4) is 0 Å². The Bertz CT molecular complexity index is 703. The minimum Gasteiger partial charge on any atom is -0.467 e. The lowest BCUT2D eigenvalue weighted by Gasteiger charge is -2.28. The first-order chi connectivity index (χ1) is 10.7. The van der Waals surface area contributed by atoms with Crippen LogP contribution >= 0.6 is 0 Å². The van der Waals surface area contributed by atoms with Crippen LogP contribution in [-0.2, 0) is 7.05 Å². The molecule has 0 aromatic carbocycles. The number of nitrogens with zero attached hydrogens (tertiary/aromatic N) is 2. The molecule has 0 saturated carbocycles. The first-order valence-corrected chi connectivity index (χ1v) is 7.68. The van der Waals surface area contributed by atoms with Gasteiger partial charge in [0.1, 0.15) is 5.76 Å². The number of rotatable bonds is 2. The second kappa shape index (κ2) is 6.22. The number of aromatic nitrogens is 1. The molecule has 2 aromatic heterocycles. The lowest BCUT2D eigenvalue weighted by Crippen LogP contribution is -2.35. The molecular formula is C17H20N2O3. The molecule has 3 rings (SSSR count). The van der Waals surface area contributed by atoms with E-state index in [9.17, 15) is 9.59 Å². The summed E-state index contributed by atoms with van der Waals surface area (Å²) in [5, 5.41) is 0. The Kier molecular flexibility index (Phi) is 4.13. The van der Waals surface area contributed by atoms with E-state index < -0.39 is 0 Å². The van der Waals surface area contributed by atoms with Gasteiger partial charge in [-0.2, -0.15) is 0 Å². The van der Waals surface area contributed by atoms with Gasteiger partial charge in [-0.15, -0.1) is 0 Å². The van der Waals surface area contributed by atoms with E-state index in [-0.39, 0.29) is 17.5 Å². The largest absolute Gasteiger partial charge is 0.467 e. The lowest BCUT2D eigenvalue weighted by atomic mass is 10.1. The highest BCUT2D eigenvalue weighted by Gasteiger charge is 2.29. The highest BCUT2D eigenvalue weighted by atomic mass is 16.3. The van der Waals surface area contributed by atoms with E-state index in [0.29, 0.717) is 12.1 Å². The summed E-state index contributed by atoms with van der Waals surface area (Å²) in [6.45, 7) is 0.715. The molecule has 1 saturated heterocycles. The lowest BCUT2D eigenvalue weighted by molar-refractivity contribution is 0.0657. The van der Waals surface area contributed by atoms with Gasteiger partial charge < -0.3 is 13.9 Å². The summed E-state index contributed by atoms with van der Waals surface area (Å²) < 4.78 is 6.98. The van der Waals surface area contributed by atoms with Gasteiger partial charge in [0, 0.05) is 25.9 Å². The Morgan fingerprint density at radius 3 is 2.82 bits per heavy atom. The van der Waals surface area contributed by atoms with Crippen LogP contribution in [0.2, 0.25) is 0 Å². The zero-order valence-electron chi connectivity index (χ0n) is 12.7. The SMILES string of the molecule is Cn1cc(C(=O)N2CCCCC[C@H]2c2ccco2)ccc1=O. The molecule has 1 aliphatic heterocycles. The zero-order chi connectivity index (χ0) is 15.5. The molecule has 1 fully saturated rings. The Labute approximate surface area is 129 Å². The Morgan fingerprint density at radius 2 is 2.09 bits per heavy atom. The number of carbonyl (C=O) groups excluding carboxylic acids is 1. The van der Waals surface area contributed by atoms with E-state index in [2.05, 4.69) is 0 Å². The van der Waals surface area contributed by atoms with Crippen molar-refractivity contribution in [3.63, 3.8) is 0 Å². The molecule has 5 nitrogen and oxygen atoms in total. The quantitative estimate of drug-likeness (QED) is 0.857. The van der Waals surface area contributed by atoms with Crippen LogP contribution < -0.4 is 5.56 Å². The maximum absolute atomic E-state index is 12.9. The molecule has 0 bridgehead atoms. The van der Waals surface area contributed by atoms with Crippen LogP contribution in [0.15, 0.2) is 45.9 Å². The second-order valence-corrected chi connectivity index (χ2v) is 5.75. The molecule has 1 atom stereocenters. The molecular weight excluding hydrogens is 280 g/mol. The highest BCUT2D eigenvalue weighted by Crippen LogP contribution is 2.31. The van der Waals surface area contributed by atoms with Gasteiger partial charge >= 0.3 is 0 Å². The Hall–Kier alpha value is -2.30. The molecule has 3 heterocycles. The molecule has 1 aliphatic rings. The molecule has 0 spiro atoms. The number of furan rings is 1. The van der Waals surface area contributed by atoms with Gasteiger partial charge in [0.2, 0.25) is 5.56 Å². The van der Waals surface area contributed by atoms with E-state index in [4.69, 9.17) is 4.42 Å². The molecule has 0 aliphatic carbocycles. The third kappa shape index (κ3) is 2.84. The molecule has 116 valence electrons. The van der Waals surface area contributed by atoms with Crippen molar-refractivity contribution < 1.29 is 9.21 Å². The van der Waals surface area contributed by atoms with Crippen molar-refractivity contribution >= 4 is 5.91 Å². The topological polar surface area (TPSA) is 55.5 Å². The number of carbonyl (C=O) groups is 1. The predicted molar refractivity (Wildman–Crippen MR) is 82.6 cm³/mol. The normalized spacial score (nSPS) is 19.0.